The Morgan fingerprint density at radius 1 is 0.857 bits per heavy atom. The lowest BCUT2D eigenvalue weighted by Crippen LogP contribution is -2.41. The van der Waals surface area contributed by atoms with Crippen LogP contribution in [0.25, 0.3) is 0 Å². The first-order valence-corrected chi connectivity index (χ1v) is 12.5. The molecule has 0 aliphatic heterocycles. The Bertz CT molecular complexity index is 601. The van der Waals surface area contributed by atoms with Crippen LogP contribution in [0.15, 0.2) is 29.2 Å². The van der Waals surface area contributed by atoms with E-state index in [4.69, 9.17) is 11.6 Å². The largest absolute Gasteiger partial charge is 0.744 e. The molecule has 1 rings (SSSR count). The number of aryl methyl sites for hydroxylation is 1. The third-order valence-corrected chi connectivity index (χ3v) is 5.94. The van der Waals surface area contributed by atoms with Gasteiger partial charge in [0.25, 0.3) is 0 Å². The van der Waals surface area contributed by atoms with Gasteiger partial charge in [0.05, 0.1) is 32.1 Å². The standard InChI is InChI=1S/C15H33ClN.C7H8O3S/c1-4-5-6-7-8-9-10-11-14-17(2,3)15-12-13-16;1-6-2-4-7(5-3-6)11(8,9)10/h4-15H2,1-3H3;2-5H,1H3,(H,8,9,10)/q+1;/p-1. The molecule has 0 spiro atoms. The summed E-state index contributed by atoms with van der Waals surface area (Å²) < 4.78 is 32.3. The molecule has 0 aliphatic rings. The number of nitrogens with zero attached hydrogens (tertiary/aromatic N) is 1. The second-order valence-corrected chi connectivity index (χ2v) is 9.93. The van der Waals surface area contributed by atoms with E-state index >= 15 is 0 Å². The summed E-state index contributed by atoms with van der Waals surface area (Å²) in [5.74, 6) is 0.805. The predicted octanol–water partition coefficient (Wildman–Crippen LogP) is 5.73. The molecule has 0 atom stereocenters. The highest BCUT2D eigenvalue weighted by Crippen LogP contribution is 2.11. The maximum Gasteiger partial charge on any atom is 0.124 e. The maximum absolute atomic E-state index is 10.4. The average molecular weight is 434 g/mol. The van der Waals surface area contributed by atoms with Crippen LogP contribution in [0, 0.1) is 6.92 Å². The van der Waals surface area contributed by atoms with Crippen LogP contribution in [-0.4, -0.2) is 50.5 Å². The second-order valence-electron chi connectivity index (χ2n) is 8.17. The Morgan fingerprint density at radius 3 is 1.79 bits per heavy atom. The monoisotopic (exact) mass is 433 g/mol. The number of hydrogen-bond donors (Lipinski definition) is 0. The molecule has 0 fully saturated rings. The molecule has 0 radical (unpaired) electrons. The van der Waals surface area contributed by atoms with Crippen LogP contribution in [0.2, 0.25) is 0 Å². The van der Waals surface area contributed by atoms with E-state index in [2.05, 4.69) is 21.0 Å². The minimum Gasteiger partial charge on any atom is -0.744 e. The zero-order valence-electron chi connectivity index (χ0n) is 18.3. The molecule has 0 aliphatic carbocycles. The normalized spacial score (nSPS) is 11.8. The fraction of sp³-hybridized carbons (Fsp3) is 0.727. The highest BCUT2D eigenvalue weighted by Gasteiger charge is 2.12. The van der Waals surface area contributed by atoms with Gasteiger partial charge >= 0.3 is 0 Å². The van der Waals surface area contributed by atoms with Crippen LogP contribution in [0.3, 0.4) is 0 Å². The van der Waals surface area contributed by atoms with Gasteiger partial charge in [-0.05, 0) is 31.9 Å². The molecular formula is C22H40ClNO3S. The summed E-state index contributed by atoms with van der Waals surface area (Å²) >= 11 is 5.74. The molecule has 0 saturated heterocycles. The lowest BCUT2D eigenvalue weighted by atomic mass is 10.1. The maximum atomic E-state index is 10.4. The summed E-state index contributed by atoms with van der Waals surface area (Å²) in [7, 11) is 0.385. The Morgan fingerprint density at radius 2 is 1.32 bits per heavy atom. The summed E-state index contributed by atoms with van der Waals surface area (Å²) in [6.45, 7) is 6.63. The number of hydrogen-bond acceptors (Lipinski definition) is 3. The quantitative estimate of drug-likeness (QED) is 0.173. The van der Waals surface area contributed by atoms with Crippen molar-refractivity contribution in [1.82, 2.24) is 0 Å². The molecule has 0 amide bonds. The average Bonchev–Trinajstić information content (AvgIpc) is 2.62. The van der Waals surface area contributed by atoms with Crippen molar-refractivity contribution in [3.8, 4) is 0 Å². The van der Waals surface area contributed by atoms with Crippen LogP contribution in [0.1, 0.15) is 70.3 Å². The van der Waals surface area contributed by atoms with Gasteiger partial charge in [0, 0.05) is 12.3 Å². The molecular weight excluding hydrogens is 394 g/mol. The molecule has 1 aromatic rings. The summed E-state index contributed by atoms with van der Waals surface area (Å²) in [5, 5.41) is 0. The minimum absolute atomic E-state index is 0.178. The van der Waals surface area contributed by atoms with Gasteiger partial charge in [-0.15, -0.1) is 11.6 Å². The van der Waals surface area contributed by atoms with Crippen LogP contribution in [0.4, 0.5) is 0 Å². The first-order chi connectivity index (χ1) is 13.1. The predicted molar refractivity (Wildman–Crippen MR) is 119 cm³/mol. The topological polar surface area (TPSA) is 57.2 Å². The summed E-state index contributed by atoms with van der Waals surface area (Å²) in [6, 6.07) is 5.78. The molecule has 164 valence electrons. The van der Waals surface area contributed by atoms with Crippen LogP contribution < -0.4 is 0 Å². The van der Waals surface area contributed by atoms with E-state index in [1.807, 2.05) is 6.92 Å². The summed E-state index contributed by atoms with van der Waals surface area (Å²) in [6.07, 6.45) is 12.5. The lowest BCUT2D eigenvalue weighted by molar-refractivity contribution is -0.890. The van der Waals surface area contributed by atoms with Gasteiger partial charge in [-0.1, -0.05) is 63.1 Å². The third-order valence-electron chi connectivity index (χ3n) is 4.82. The van der Waals surface area contributed by atoms with E-state index in [0.717, 1.165) is 22.3 Å². The van der Waals surface area contributed by atoms with Gasteiger partial charge in [-0.3, -0.25) is 0 Å². The van der Waals surface area contributed by atoms with Crippen LogP contribution in [-0.2, 0) is 10.1 Å². The van der Waals surface area contributed by atoms with Crippen molar-refractivity contribution >= 4 is 21.7 Å². The first-order valence-electron chi connectivity index (χ1n) is 10.5. The Balaban J connectivity index is 0.000000567. The molecule has 0 unspecified atom stereocenters. The molecule has 28 heavy (non-hydrogen) atoms. The zero-order valence-corrected chi connectivity index (χ0v) is 19.8. The van der Waals surface area contributed by atoms with Crippen molar-refractivity contribution < 1.29 is 17.5 Å². The Kier molecular flexibility index (Phi) is 14.9. The number of halogens is 1. The van der Waals surface area contributed by atoms with E-state index in [9.17, 15) is 13.0 Å². The summed E-state index contributed by atoms with van der Waals surface area (Å²) in [4.78, 5) is -0.178. The van der Waals surface area contributed by atoms with E-state index in [1.165, 1.54) is 76.6 Å². The van der Waals surface area contributed by atoms with Crippen LogP contribution >= 0.6 is 11.6 Å². The highest BCUT2D eigenvalue weighted by atomic mass is 35.5. The Labute approximate surface area is 178 Å². The number of rotatable bonds is 13. The van der Waals surface area contributed by atoms with Gasteiger partial charge in [0.2, 0.25) is 0 Å². The van der Waals surface area contributed by atoms with Crippen molar-refractivity contribution in [3.63, 3.8) is 0 Å². The lowest BCUT2D eigenvalue weighted by Gasteiger charge is -2.29. The van der Waals surface area contributed by atoms with E-state index in [0.29, 0.717) is 0 Å². The number of quaternary nitrogens is 1. The fourth-order valence-electron chi connectivity index (χ4n) is 2.98. The summed E-state index contributed by atoms with van der Waals surface area (Å²) in [5.41, 5.74) is 0.928. The fourth-order valence-corrected chi connectivity index (χ4v) is 3.57. The van der Waals surface area contributed by atoms with Crippen LogP contribution in [0.5, 0.6) is 0 Å². The molecule has 1 aromatic carbocycles. The Hall–Kier alpha value is -0.620. The first kappa shape index (κ1) is 27.4. The third kappa shape index (κ3) is 15.3. The van der Waals surface area contributed by atoms with Gasteiger partial charge in [-0.25, -0.2) is 8.42 Å². The molecule has 0 saturated carbocycles. The van der Waals surface area contributed by atoms with E-state index in [-0.39, 0.29) is 4.90 Å². The second kappa shape index (κ2) is 15.3. The van der Waals surface area contributed by atoms with E-state index in [1.54, 1.807) is 12.1 Å². The van der Waals surface area contributed by atoms with Crippen molar-refractivity contribution in [2.24, 2.45) is 0 Å². The van der Waals surface area contributed by atoms with Crippen molar-refractivity contribution in [3.05, 3.63) is 29.8 Å². The van der Waals surface area contributed by atoms with E-state index < -0.39 is 10.1 Å². The molecule has 0 bridgehead atoms. The molecule has 4 nitrogen and oxygen atoms in total. The SMILES string of the molecule is CCCCCCCCCC[N+](C)(C)CCCCl.Cc1ccc(S(=O)(=O)[O-])cc1. The molecule has 0 aromatic heterocycles. The highest BCUT2D eigenvalue weighted by molar-refractivity contribution is 7.85. The van der Waals surface area contributed by atoms with Gasteiger partial charge in [-0.2, -0.15) is 0 Å². The molecule has 6 heteroatoms. The van der Waals surface area contributed by atoms with Gasteiger partial charge in [0.15, 0.2) is 0 Å². The number of alkyl halides is 1. The zero-order chi connectivity index (χ0) is 21.5. The van der Waals surface area contributed by atoms with Gasteiger partial charge in [0.1, 0.15) is 10.1 Å². The van der Waals surface area contributed by atoms with Crippen molar-refractivity contribution in [2.45, 2.75) is 76.5 Å². The smallest absolute Gasteiger partial charge is 0.124 e. The minimum atomic E-state index is -4.27. The molecule has 0 N–H and O–H groups in total. The molecule has 0 heterocycles. The van der Waals surface area contributed by atoms with Crippen molar-refractivity contribution in [2.75, 3.05) is 33.1 Å². The van der Waals surface area contributed by atoms with Crippen molar-refractivity contribution in [1.29, 1.82) is 0 Å². The van der Waals surface area contributed by atoms with Gasteiger partial charge < -0.3 is 9.04 Å². The number of benzene rings is 1. The number of unbranched alkanes of at least 4 members (excludes halogenated alkanes) is 7.